The smallest absolute Gasteiger partial charge is 0.0898 e. The van der Waals surface area contributed by atoms with Gasteiger partial charge in [0.05, 0.1) is 22.9 Å². The molecule has 18 heavy (non-hydrogen) atoms. The van der Waals surface area contributed by atoms with Crippen molar-refractivity contribution in [2.24, 2.45) is 5.92 Å². The molecule has 0 atom stereocenters. The van der Waals surface area contributed by atoms with Gasteiger partial charge in [0.2, 0.25) is 0 Å². The Morgan fingerprint density at radius 1 is 1.44 bits per heavy atom. The molecule has 0 aliphatic carbocycles. The third-order valence-corrected chi connectivity index (χ3v) is 3.46. The highest BCUT2D eigenvalue weighted by Gasteiger charge is 2.05. The van der Waals surface area contributed by atoms with Crippen LogP contribution in [0.2, 0.25) is 0 Å². The number of aryl methyl sites for hydroxylation is 1. The highest BCUT2D eigenvalue weighted by molar-refractivity contribution is 7.09. The molecule has 1 N–H and O–H groups in total. The Labute approximate surface area is 112 Å². The van der Waals surface area contributed by atoms with Gasteiger partial charge >= 0.3 is 0 Å². The quantitative estimate of drug-likeness (QED) is 0.871. The van der Waals surface area contributed by atoms with E-state index in [0.717, 1.165) is 30.3 Å². The average Bonchev–Trinajstić information content (AvgIpc) is 2.89. The second-order valence-electron chi connectivity index (χ2n) is 4.86. The second kappa shape index (κ2) is 6.11. The van der Waals surface area contributed by atoms with E-state index in [0.29, 0.717) is 5.92 Å². The summed E-state index contributed by atoms with van der Waals surface area (Å²) in [5.41, 5.74) is 2.30. The number of nitrogens with zero attached hydrogens (tertiary/aromatic N) is 3. The van der Waals surface area contributed by atoms with Crippen molar-refractivity contribution in [3.05, 3.63) is 34.0 Å². The fraction of sp³-hybridized carbons (Fsp3) is 0.538. The first-order valence-corrected chi connectivity index (χ1v) is 7.15. The first-order chi connectivity index (χ1) is 8.65. The van der Waals surface area contributed by atoms with E-state index in [9.17, 15) is 0 Å². The van der Waals surface area contributed by atoms with Crippen molar-refractivity contribution in [2.75, 3.05) is 6.54 Å². The topological polar surface area (TPSA) is 42.7 Å². The Balaban J connectivity index is 1.95. The van der Waals surface area contributed by atoms with Crippen molar-refractivity contribution >= 4 is 11.3 Å². The molecule has 0 saturated carbocycles. The maximum Gasteiger partial charge on any atom is 0.0898 e. The summed E-state index contributed by atoms with van der Waals surface area (Å²) in [7, 11) is 0. The van der Waals surface area contributed by atoms with Gasteiger partial charge in [0.1, 0.15) is 0 Å². The largest absolute Gasteiger partial charge is 0.311 e. The van der Waals surface area contributed by atoms with Crippen LogP contribution in [0.5, 0.6) is 0 Å². The summed E-state index contributed by atoms with van der Waals surface area (Å²) in [6.07, 6.45) is 1.85. The van der Waals surface area contributed by atoms with Crippen LogP contribution in [0.25, 0.3) is 0 Å². The van der Waals surface area contributed by atoms with Crippen LogP contribution in [-0.2, 0) is 13.1 Å². The first-order valence-electron chi connectivity index (χ1n) is 6.27. The fourth-order valence-corrected chi connectivity index (χ4v) is 2.38. The van der Waals surface area contributed by atoms with E-state index in [2.05, 4.69) is 40.7 Å². The van der Waals surface area contributed by atoms with Crippen LogP contribution < -0.4 is 5.32 Å². The van der Waals surface area contributed by atoms with Crippen molar-refractivity contribution in [3.63, 3.8) is 0 Å². The molecule has 0 bridgehead atoms. The molecule has 2 aromatic rings. The molecular weight excluding hydrogens is 244 g/mol. The van der Waals surface area contributed by atoms with Crippen molar-refractivity contribution in [2.45, 2.75) is 33.9 Å². The first kappa shape index (κ1) is 13.2. The zero-order chi connectivity index (χ0) is 13.0. The van der Waals surface area contributed by atoms with E-state index in [1.807, 2.05) is 17.8 Å². The minimum Gasteiger partial charge on any atom is -0.311 e. The van der Waals surface area contributed by atoms with Gasteiger partial charge in [0, 0.05) is 18.1 Å². The molecule has 0 aliphatic rings. The molecule has 0 radical (unpaired) electrons. The lowest BCUT2D eigenvalue weighted by Crippen LogP contribution is -2.21. The molecule has 2 aromatic heterocycles. The van der Waals surface area contributed by atoms with Gasteiger partial charge in [-0.2, -0.15) is 5.10 Å². The highest BCUT2D eigenvalue weighted by Crippen LogP contribution is 2.10. The second-order valence-corrected chi connectivity index (χ2v) is 5.93. The monoisotopic (exact) mass is 264 g/mol. The molecule has 0 spiro atoms. The van der Waals surface area contributed by atoms with Gasteiger partial charge in [-0.15, -0.1) is 11.3 Å². The summed E-state index contributed by atoms with van der Waals surface area (Å²) in [6, 6.07) is 2.06. The lowest BCUT2D eigenvalue weighted by Gasteiger charge is -2.09. The van der Waals surface area contributed by atoms with Gasteiger partial charge in [0.15, 0.2) is 0 Å². The van der Waals surface area contributed by atoms with Gasteiger partial charge in [-0.1, -0.05) is 13.8 Å². The number of aromatic nitrogens is 3. The maximum absolute atomic E-state index is 4.47. The molecular formula is C13H20N4S. The van der Waals surface area contributed by atoms with Crippen molar-refractivity contribution in [1.82, 2.24) is 20.1 Å². The minimum absolute atomic E-state index is 0.669. The SMILES string of the molecule is Cc1nc(Cn2nccc2CNCC(C)C)cs1. The molecule has 5 heteroatoms. The summed E-state index contributed by atoms with van der Waals surface area (Å²) in [5, 5.41) is 11.0. The Bertz CT molecular complexity index is 487. The summed E-state index contributed by atoms with van der Waals surface area (Å²) in [5.74, 6) is 0.669. The van der Waals surface area contributed by atoms with Crippen LogP contribution in [0.15, 0.2) is 17.6 Å². The van der Waals surface area contributed by atoms with Gasteiger partial charge in [-0.05, 0) is 25.5 Å². The van der Waals surface area contributed by atoms with Gasteiger partial charge in [-0.3, -0.25) is 4.68 Å². The van der Waals surface area contributed by atoms with Crippen LogP contribution in [0.1, 0.15) is 30.2 Å². The number of nitrogens with one attached hydrogen (secondary N) is 1. The van der Waals surface area contributed by atoms with Gasteiger partial charge < -0.3 is 5.32 Å². The standard InChI is InChI=1S/C13H20N4S/c1-10(2)6-14-7-13-4-5-15-17(13)8-12-9-18-11(3)16-12/h4-5,9-10,14H,6-8H2,1-3H3. The Hall–Kier alpha value is -1.20. The van der Waals surface area contributed by atoms with Gasteiger partial charge in [0.25, 0.3) is 0 Å². The average molecular weight is 264 g/mol. The van der Waals surface area contributed by atoms with Gasteiger partial charge in [-0.25, -0.2) is 4.98 Å². The minimum atomic E-state index is 0.669. The van der Waals surface area contributed by atoms with Crippen LogP contribution in [0.4, 0.5) is 0 Å². The third-order valence-electron chi connectivity index (χ3n) is 2.64. The van der Waals surface area contributed by atoms with E-state index in [1.165, 1.54) is 5.69 Å². The molecule has 2 rings (SSSR count). The number of thiazole rings is 1. The predicted octanol–water partition coefficient (Wildman–Crippen LogP) is 2.44. The van der Waals surface area contributed by atoms with Crippen molar-refractivity contribution in [3.8, 4) is 0 Å². The molecule has 0 aromatic carbocycles. The van der Waals surface area contributed by atoms with E-state index in [1.54, 1.807) is 11.3 Å². The predicted molar refractivity (Wildman–Crippen MR) is 74.7 cm³/mol. The maximum atomic E-state index is 4.47. The van der Waals surface area contributed by atoms with Crippen molar-refractivity contribution in [1.29, 1.82) is 0 Å². The Kier molecular flexibility index (Phi) is 4.49. The van der Waals surface area contributed by atoms with Crippen LogP contribution in [0.3, 0.4) is 0 Å². The third kappa shape index (κ3) is 3.65. The molecule has 0 aliphatic heterocycles. The van der Waals surface area contributed by atoms with Crippen LogP contribution in [-0.4, -0.2) is 21.3 Å². The highest BCUT2D eigenvalue weighted by atomic mass is 32.1. The van der Waals surface area contributed by atoms with Crippen molar-refractivity contribution < 1.29 is 0 Å². The summed E-state index contributed by atoms with van der Waals surface area (Å²) in [4.78, 5) is 4.47. The van der Waals surface area contributed by atoms with E-state index >= 15 is 0 Å². The number of hydrogen-bond acceptors (Lipinski definition) is 4. The lowest BCUT2D eigenvalue weighted by atomic mass is 10.2. The van der Waals surface area contributed by atoms with Crippen LogP contribution in [0, 0.1) is 12.8 Å². The Morgan fingerprint density at radius 2 is 2.28 bits per heavy atom. The zero-order valence-electron chi connectivity index (χ0n) is 11.2. The molecule has 4 nitrogen and oxygen atoms in total. The lowest BCUT2D eigenvalue weighted by molar-refractivity contribution is 0.528. The number of rotatable bonds is 6. The molecule has 0 saturated heterocycles. The fourth-order valence-electron chi connectivity index (χ4n) is 1.78. The molecule has 98 valence electrons. The molecule has 2 heterocycles. The molecule has 0 unspecified atom stereocenters. The molecule has 0 amide bonds. The normalized spacial score (nSPS) is 11.3. The van der Waals surface area contributed by atoms with E-state index in [4.69, 9.17) is 0 Å². The van der Waals surface area contributed by atoms with E-state index < -0.39 is 0 Å². The molecule has 0 fully saturated rings. The van der Waals surface area contributed by atoms with Crippen LogP contribution >= 0.6 is 11.3 Å². The number of hydrogen-bond donors (Lipinski definition) is 1. The zero-order valence-corrected chi connectivity index (χ0v) is 12.0. The Morgan fingerprint density at radius 3 is 2.94 bits per heavy atom. The van der Waals surface area contributed by atoms with E-state index in [-0.39, 0.29) is 0 Å². The summed E-state index contributed by atoms with van der Waals surface area (Å²) >= 11 is 1.69. The summed E-state index contributed by atoms with van der Waals surface area (Å²) < 4.78 is 2.02. The summed E-state index contributed by atoms with van der Waals surface area (Å²) in [6.45, 7) is 9.10.